The van der Waals surface area contributed by atoms with E-state index >= 15 is 0 Å². The fraction of sp³-hybridized carbons (Fsp3) is 1.00. The predicted molar refractivity (Wildman–Crippen MR) is 63.5 cm³/mol. The van der Waals surface area contributed by atoms with Crippen molar-refractivity contribution in [2.75, 3.05) is 13.2 Å². The minimum Gasteiger partial charge on any atom is -0.414 e. The number of rotatable bonds is 3. The molecule has 1 fully saturated rings. The SMILES string of the molecule is CC(C)(C)[Si](C)(C)OC[C@@H]1C[C@H](O)CO1. The smallest absolute Gasteiger partial charge is 0.192 e. The topological polar surface area (TPSA) is 38.7 Å². The Balaban J connectivity index is 2.36. The van der Waals surface area contributed by atoms with Gasteiger partial charge in [-0.25, -0.2) is 0 Å². The standard InChI is InChI=1S/C11H24O3Si/c1-11(2,3)15(4,5)14-8-10-6-9(12)7-13-10/h9-10,12H,6-8H2,1-5H3/t9-,10-/m0/s1. The van der Waals surface area contributed by atoms with E-state index in [0.29, 0.717) is 19.6 Å². The number of hydrogen-bond donors (Lipinski definition) is 1. The van der Waals surface area contributed by atoms with Gasteiger partial charge in [0, 0.05) is 6.42 Å². The van der Waals surface area contributed by atoms with Gasteiger partial charge in [-0.2, -0.15) is 0 Å². The molecule has 1 aliphatic heterocycles. The third-order valence-electron chi connectivity index (χ3n) is 3.50. The molecule has 0 bridgehead atoms. The van der Waals surface area contributed by atoms with Crippen LogP contribution in [0.5, 0.6) is 0 Å². The van der Waals surface area contributed by atoms with Crippen LogP contribution in [0.2, 0.25) is 18.1 Å². The van der Waals surface area contributed by atoms with Crippen LogP contribution >= 0.6 is 0 Å². The van der Waals surface area contributed by atoms with Gasteiger partial charge in [-0.1, -0.05) is 20.8 Å². The largest absolute Gasteiger partial charge is 0.414 e. The Morgan fingerprint density at radius 3 is 2.40 bits per heavy atom. The summed E-state index contributed by atoms with van der Waals surface area (Å²) in [6, 6.07) is 0. The predicted octanol–water partition coefficient (Wildman–Crippen LogP) is 2.16. The Morgan fingerprint density at radius 2 is 2.00 bits per heavy atom. The average Bonchev–Trinajstić information content (AvgIpc) is 2.46. The molecule has 0 spiro atoms. The van der Waals surface area contributed by atoms with E-state index in [0.717, 1.165) is 0 Å². The quantitative estimate of drug-likeness (QED) is 0.758. The highest BCUT2D eigenvalue weighted by atomic mass is 28.4. The summed E-state index contributed by atoms with van der Waals surface area (Å²) in [6.07, 6.45) is 0.515. The van der Waals surface area contributed by atoms with Crippen molar-refractivity contribution in [3.63, 3.8) is 0 Å². The third-order valence-corrected chi connectivity index (χ3v) is 8.00. The maximum atomic E-state index is 9.32. The Kier molecular flexibility index (Phi) is 3.98. The van der Waals surface area contributed by atoms with Gasteiger partial charge >= 0.3 is 0 Å². The molecular formula is C11H24O3Si. The zero-order valence-corrected chi connectivity index (χ0v) is 11.5. The Hall–Kier alpha value is 0.0969. The molecular weight excluding hydrogens is 208 g/mol. The molecule has 3 nitrogen and oxygen atoms in total. The fourth-order valence-corrected chi connectivity index (χ4v) is 2.36. The van der Waals surface area contributed by atoms with Crippen LogP contribution in [0.25, 0.3) is 0 Å². The first-order chi connectivity index (χ1) is 6.72. The molecule has 1 saturated heterocycles. The summed E-state index contributed by atoms with van der Waals surface area (Å²) in [5, 5.41) is 9.56. The molecule has 2 atom stereocenters. The van der Waals surface area contributed by atoms with E-state index in [9.17, 15) is 5.11 Å². The molecule has 15 heavy (non-hydrogen) atoms. The molecule has 1 heterocycles. The average molecular weight is 232 g/mol. The van der Waals surface area contributed by atoms with Crippen molar-refractivity contribution in [1.29, 1.82) is 0 Å². The summed E-state index contributed by atoms with van der Waals surface area (Å²) in [5.74, 6) is 0. The zero-order valence-electron chi connectivity index (χ0n) is 10.5. The van der Waals surface area contributed by atoms with Crippen molar-refractivity contribution in [3.05, 3.63) is 0 Å². The van der Waals surface area contributed by atoms with Crippen LogP contribution in [0.4, 0.5) is 0 Å². The van der Waals surface area contributed by atoms with Gasteiger partial charge in [0.25, 0.3) is 0 Å². The molecule has 0 aromatic carbocycles. The first-order valence-electron chi connectivity index (χ1n) is 5.66. The molecule has 90 valence electrons. The first-order valence-corrected chi connectivity index (χ1v) is 8.57. The van der Waals surface area contributed by atoms with Gasteiger partial charge in [-0.3, -0.25) is 0 Å². The Morgan fingerprint density at radius 1 is 1.40 bits per heavy atom. The summed E-state index contributed by atoms with van der Waals surface area (Å²) < 4.78 is 11.4. The van der Waals surface area contributed by atoms with Crippen molar-refractivity contribution >= 4 is 8.32 Å². The van der Waals surface area contributed by atoms with Crippen molar-refractivity contribution < 1.29 is 14.3 Å². The summed E-state index contributed by atoms with van der Waals surface area (Å²) >= 11 is 0. The summed E-state index contributed by atoms with van der Waals surface area (Å²) in [7, 11) is -1.66. The fourth-order valence-electron chi connectivity index (χ4n) is 1.32. The monoisotopic (exact) mass is 232 g/mol. The number of hydrogen-bond acceptors (Lipinski definition) is 3. The van der Waals surface area contributed by atoms with Crippen LogP contribution in [0.1, 0.15) is 27.2 Å². The van der Waals surface area contributed by atoms with E-state index in [1.807, 2.05) is 0 Å². The van der Waals surface area contributed by atoms with E-state index in [4.69, 9.17) is 9.16 Å². The van der Waals surface area contributed by atoms with E-state index in [-0.39, 0.29) is 17.2 Å². The van der Waals surface area contributed by atoms with Crippen molar-refractivity contribution in [3.8, 4) is 0 Å². The minimum atomic E-state index is -1.66. The minimum absolute atomic E-state index is 0.0918. The molecule has 1 aliphatic rings. The maximum Gasteiger partial charge on any atom is 0.192 e. The second-order valence-electron chi connectivity index (χ2n) is 5.92. The zero-order chi connectivity index (χ0) is 11.7. The third kappa shape index (κ3) is 3.55. The van der Waals surface area contributed by atoms with Crippen LogP contribution in [-0.4, -0.2) is 38.8 Å². The maximum absolute atomic E-state index is 9.32. The summed E-state index contributed by atoms with van der Waals surface area (Å²) in [6.45, 7) is 12.2. The molecule has 1 N–H and O–H groups in total. The van der Waals surface area contributed by atoms with E-state index in [1.165, 1.54) is 0 Å². The lowest BCUT2D eigenvalue weighted by Crippen LogP contribution is -2.42. The highest BCUT2D eigenvalue weighted by molar-refractivity contribution is 6.74. The molecule has 0 radical (unpaired) electrons. The van der Waals surface area contributed by atoms with Crippen LogP contribution in [0.3, 0.4) is 0 Å². The number of aliphatic hydroxyl groups excluding tert-OH is 1. The molecule has 0 aromatic rings. The van der Waals surface area contributed by atoms with Crippen molar-refractivity contribution in [2.45, 2.75) is 57.5 Å². The van der Waals surface area contributed by atoms with E-state index < -0.39 is 8.32 Å². The molecule has 0 unspecified atom stereocenters. The van der Waals surface area contributed by atoms with E-state index in [1.54, 1.807) is 0 Å². The lowest BCUT2D eigenvalue weighted by Gasteiger charge is -2.36. The molecule has 0 saturated carbocycles. The normalized spacial score (nSPS) is 28.4. The number of aliphatic hydroxyl groups is 1. The van der Waals surface area contributed by atoms with Gasteiger partial charge in [0.2, 0.25) is 0 Å². The van der Waals surface area contributed by atoms with Crippen LogP contribution in [0.15, 0.2) is 0 Å². The van der Waals surface area contributed by atoms with Crippen LogP contribution in [0, 0.1) is 0 Å². The van der Waals surface area contributed by atoms with Gasteiger partial charge < -0.3 is 14.3 Å². The highest BCUT2D eigenvalue weighted by Gasteiger charge is 2.38. The number of ether oxygens (including phenoxy) is 1. The van der Waals surface area contributed by atoms with Crippen molar-refractivity contribution in [1.82, 2.24) is 0 Å². The summed E-state index contributed by atoms with van der Waals surface area (Å²) in [4.78, 5) is 0. The second-order valence-corrected chi connectivity index (χ2v) is 10.7. The molecule has 0 amide bonds. The second kappa shape index (κ2) is 4.53. The highest BCUT2D eigenvalue weighted by Crippen LogP contribution is 2.36. The first kappa shape index (κ1) is 13.2. The van der Waals surface area contributed by atoms with Crippen LogP contribution < -0.4 is 0 Å². The molecule has 1 rings (SSSR count). The molecule has 4 heteroatoms. The Labute approximate surface area is 93.9 Å². The lowest BCUT2D eigenvalue weighted by molar-refractivity contribution is 0.0548. The van der Waals surface area contributed by atoms with Crippen LogP contribution in [-0.2, 0) is 9.16 Å². The molecule has 0 aliphatic carbocycles. The lowest BCUT2D eigenvalue weighted by atomic mass is 10.2. The van der Waals surface area contributed by atoms with Gasteiger partial charge in [0.05, 0.1) is 25.4 Å². The van der Waals surface area contributed by atoms with Gasteiger partial charge in [-0.05, 0) is 18.1 Å². The molecule has 0 aromatic heterocycles. The summed E-state index contributed by atoms with van der Waals surface area (Å²) in [5.41, 5.74) is 0. The Bertz CT molecular complexity index is 210. The van der Waals surface area contributed by atoms with Gasteiger partial charge in [0.1, 0.15) is 0 Å². The van der Waals surface area contributed by atoms with Gasteiger partial charge in [-0.15, -0.1) is 0 Å². The van der Waals surface area contributed by atoms with E-state index in [2.05, 4.69) is 33.9 Å². The van der Waals surface area contributed by atoms with Crippen molar-refractivity contribution in [2.24, 2.45) is 0 Å². The van der Waals surface area contributed by atoms with Gasteiger partial charge in [0.15, 0.2) is 8.32 Å².